The van der Waals surface area contributed by atoms with E-state index in [1.165, 1.54) is 24.0 Å². The van der Waals surface area contributed by atoms with Crippen molar-refractivity contribution in [1.82, 2.24) is 19.8 Å². The van der Waals surface area contributed by atoms with Crippen molar-refractivity contribution < 1.29 is 9.47 Å². The van der Waals surface area contributed by atoms with Crippen LogP contribution < -0.4 is 9.47 Å². The van der Waals surface area contributed by atoms with Crippen LogP contribution in [0.3, 0.4) is 0 Å². The zero-order valence-electron chi connectivity index (χ0n) is 32.6. The van der Waals surface area contributed by atoms with Crippen molar-refractivity contribution in [3.63, 3.8) is 0 Å². The minimum absolute atomic E-state index is 0.0829. The summed E-state index contributed by atoms with van der Waals surface area (Å²) in [5.41, 5.74) is 6.37. The summed E-state index contributed by atoms with van der Waals surface area (Å²) in [6, 6.07) is 25.5. The first kappa shape index (κ1) is 36.5. The molecule has 6 aliphatic heterocycles. The minimum atomic E-state index is -0.0829. The van der Waals surface area contributed by atoms with Gasteiger partial charge in [0.1, 0.15) is 11.5 Å². The maximum Gasteiger partial charge on any atom is 0.119 e. The van der Waals surface area contributed by atoms with Crippen molar-refractivity contribution in [2.45, 2.75) is 49.9 Å². The Morgan fingerprint density at radius 3 is 1.52 bits per heavy atom. The summed E-state index contributed by atoms with van der Waals surface area (Å²) in [7, 11) is 3.44. The molecule has 11 rings (SSSR count). The smallest absolute Gasteiger partial charge is 0.119 e. The van der Waals surface area contributed by atoms with Gasteiger partial charge in [-0.1, -0.05) is 36.4 Å². The number of benzene rings is 3. The molecule has 5 aromatic rings. The van der Waals surface area contributed by atoms with Gasteiger partial charge in [0.25, 0.3) is 0 Å². The van der Waals surface area contributed by atoms with Gasteiger partial charge in [-0.15, -0.1) is 13.2 Å². The second-order valence-corrected chi connectivity index (χ2v) is 16.1. The third kappa shape index (κ3) is 6.83. The Bertz CT molecular complexity index is 2140. The van der Waals surface area contributed by atoms with Crippen LogP contribution in [-0.4, -0.2) is 84.7 Å². The molecule has 0 spiro atoms. The van der Waals surface area contributed by atoms with Crippen LogP contribution in [0.25, 0.3) is 21.8 Å². The van der Waals surface area contributed by atoms with Crippen molar-refractivity contribution in [3.8, 4) is 11.5 Å². The number of hydrogen-bond donors (Lipinski definition) is 0. The lowest BCUT2D eigenvalue weighted by Crippen LogP contribution is -2.54. The Hall–Kier alpha value is -5.18. The molecule has 0 amide bonds. The molecule has 10 atom stereocenters. The highest BCUT2D eigenvalue weighted by Gasteiger charge is 2.44. The summed E-state index contributed by atoms with van der Waals surface area (Å²) in [4.78, 5) is 25.9. The van der Waals surface area contributed by atoms with Gasteiger partial charge in [0.15, 0.2) is 0 Å². The van der Waals surface area contributed by atoms with Crippen LogP contribution in [0.15, 0.2) is 120 Å². The highest BCUT2D eigenvalue weighted by Crippen LogP contribution is 2.45. The fraction of sp³-hybridized carbons (Fsp3) is 0.375. The average Bonchev–Trinajstić information content (AvgIpc) is 3.27. The summed E-state index contributed by atoms with van der Waals surface area (Å²) in [6.45, 7) is 12.6. The first-order valence-corrected chi connectivity index (χ1v) is 20.3. The number of rotatable bonds is 12. The molecule has 2 aromatic heterocycles. The highest BCUT2D eigenvalue weighted by molar-refractivity contribution is 5.95. The number of ether oxygens (including phenoxy) is 2. The number of nitrogens with zero attached hydrogens (tertiary/aromatic N) is 6. The van der Waals surface area contributed by atoms with Gasteiger partial charge >= 0.3 is 0 Å². The van der Waals surface area contributed by atoms with Crippen molar-refractivity contribution in [3.05, 3.63) is 133 Å². The van der Waals surface area contributed by atoms with E-state index < -0.39 is 0 Å². The average molecular weight is 745 g/mol. The Morgan fingerprint density at radius 1 is 0.661 bits per heavy atom. The van der Waals surface area contributed by atoms with Crippen LogP contribution in [0.2, 0.25) is 0 Å². The van der Waals surface area contributed by atoms with Crippen molar-refractivity contribution >= 4 is 34.2 Å². The number of fused-ring (bicyclic) bond motifs is 8. The number of aliphatic imine (C=N–C) groups is 2. The minimum Gasteiger partial charge on any atom is -0.497 e. The van der Waals surface area contributed by atoms with Crippen LogP contribution in [0.4, 0.5) is 0 Å². The third-order valence-electron chi connectivity index (χ3n) is 13.4. The second-order valence-electron chi connectivity index (χ2n) is 16.1. The number of pyridine rings is 2. The molecule has 2 unspecified atom stereocenters. The van der Waals surface area contributed by atoms with E-state index in [0.717, 1.165) is 83.5 Å². The quantitative estimate of drug-likeness (QED) is 0.0939. The monoisotopic (exact) mass is 744 g/mol. The molecule has 0 radical (unpaired) electrons. The van der Waals surface area contributed by atoms with Crippen LogP contribution in [-0.2, 0) is 0 Å². The molecule has 6 saturated heterocycles. The molecule has 286 valence electrons. The molecule has 3 aromatic carbocycles. The summed E-state index contributed by atoms with van der Waals surface area (Å²) in [5, 5.41) is 2.18. The first-order valence-electron chi connectivity index (χ1n) is 20.3. The number of hydrogen-bond acceptors (Lipinski definition) is 8. The SMILES string of the molecule is C=C[C@H]1CN2CC[C@H]1C[C@H]2[C@@H](N=Cc1ccccc1C=N[C@@H](c1ccnc2ccc(OC)cc12)[C@@H]1C[C@@H]2CCN1C[C@@H]2C=C)c1ccnc2ccc(OC)cc12. The third-order valence-corrected chi connectivity index (χ3v) is 13.4. The zero-order valence-corrected chi connectivity index (χ0v) is 32.6. The largest absolute Gasteiger partial charge is 0.497 e. The molecule has 6 aliphatic rings. The van der Waals surface area contributed by atoms with Gasteiger partial charge in [0.2, 0.25) is 0 Å². The van der Waals surface area contributed by atoms with E-state index in [-0.39, 0.29) is 24.2 Å². The van der Waals surface area contributed by atoms with E-state index in [1.807, 2.05) is 24.5 Å². The maximum absolute atomic E-state index is 5.69. The Kier molecular flexibility index (Phi) is 10.3. The van der Waals surface area contributed by atoms with Crippen LogP contribution in [0.5, 0.6) is 11.5 Å². The van der Waals surface area contributed by atoms with E-state index in [4.69, 9.17) is 29.4 Å². The fourth-order valence-electron chi connectivity index (χ4n) is 10.3. The van der Waals surface area contributed by atoms with E-state index in [1.54, 1.807) is 14.2 Å². The van der Waals surface area contributed by atoms with Gasteiger partial charge in [0.05, 0.1) is 37.3 Å². The van der Waals surface area contributed by atoms with Gasteiger partial charge in [-0.05, 0) is 122 Å². The van der Waals surface area contributed by atoms with Crippen molar-refractivity contribution in [2.75, 3.05) is 40.4 Å². The van der Waals surface area contributed by atoms with Gasteiger partial charge in [-0.2, -0.15) is 0 Å². The molecule has 0 aliphatic carbocycles. The van der Waals surface area contributed by atoms with E-state index >= 15 is 0 Å². The second kappa shape index (κ2) is 15.8. The molecule has 6 fully saturated rings. The van der Waals surface area contributed by atoms with E-state index in [9.17, 15) is 0 Å². The molecule has 56 heavy (non-hydrogen) atoms. The lowest BCUT2D eigenvalue weighted by Gasteiger charge is -2.51. The lowest BCUT2D eigenvalue weighted by molar-refractivity contribution is 0.00795. The topological polar surface area (TPSA) is 75.4 Å². The predicted molar refractivity (Wildman–Crippen MR) is 227 cm³/mol. The van der Waals surface area contributed by atoms with Gasteiger partial charge < -0.3 is 9.47 Å². The molecule has 8 nitrogen and oxygen atoms in total. The molecule has 8 heterocycles. The maximum atomic E-state index is 5.69. The standard InChI is InChI=1S/C48H52N6O2/c1-5-31-29-53-21-17-33(31)23-45(53)47(39-15-19-49-43-13-11-37(55-3)25-41(39)43)51-27-35-9-7-8-10-36(35)28-52-48(46-24-34-18-22-54(46)30-32(34)6-2)40-16-20-50-44-14-12-38(56-4)26-42(40)44/h5-16,19-20,25-28,31-34,45-48H,1-2,17-18,21-24,29-30H2,3-4H3/t31-,32-,33-,34-,45-,46-,47-,48-/m0/s1. The summed E-state index contributed by atoms with van der Waals surface area (Å²) in [6.07, 6.45) is 17.0. The highest BCUT2D eigenvalue weighted by atomic mass is 16.5. The van der Waals surface area contributed by atoms with Gasteiger partial charge in [-0.25, -0.2) is 0 Å². The summed E-state index contributed by atoms with van der Waals surface area (Å²) < 4.78 is 11.4. The molecule has 0 N–H and O–H groups in total. The molecular weight excluding hydrogens is 693 g/mol. The number of piperidine rings is 6. The van der Waals surface area contributed by atoms with E-state index in [2.05, 4.69) is 108 Å². The Labute approximate surface area is 330 Å². The molecule has 0 saturated carbocycles. The normalized spacial score (nSPS) is 28.2. The predicted octanol–water partition coefficient (Wildman–Crippen LogP) is 8.91. The van der Waals surface area contributed by atoms with Crippen molar-refractivity contribution in [1.29, 1.82) is 0 Å². The van der Waals surface area contributed by atoms with Crippen LogP contribution in [0.1, 0.15) is 60.0 Å². The van der Waals surface area contributed by atoms with Gasteiger partial charge in [0, 0.05) is 71.9 Å². The van der Waals surface area contributed by atoms with Crippen molar-refractivity contribution in [2.24, 2.45) is 33.7 Å². The Morgan fingerprint density at radius 2 is 1.12 bits per heavy atom. The first-order chi connectivity index (χ1) is 27.5. The zero-order chi connectivity index (χ0) is 38.2. The molecule has 4 bridgehead atoms. The van der Waals surface area contributed by atoms with E-state index in [0.29, 0.717) is 23.7 Å². The summed E-state index contributed by atoms with van der Waals surface area (Å²) in [5.74, 6) is 3.95. The van der Waals surface area contributed by atoms with Crippen LogP contribution in [0, 0.1) is 23.7 Å². The number of methoxy groups -OCH3 is 2. The number of aromatic nitrogens is 2. The molecule has 8 heteroatoms. The van der Waals surface area contributed by atoms with Crippen LogP contribution >= 0.6 is 0 Å². The summed E-state index contributed by atoms with van der Waals surface area (Å²) >= 11 is 0. The molecular formula is C48H52N6O2. The Balaban J connectivity index is 1.11. The fourth-order valence-corrected chi connectivity index (χ4v) is 10.3. The van der Waals surface area contributed by atoms with Gasteiger partial charge in [-0.3, -0.25) is 29.8 Å². The lowest BCUT2D eigenvalue weighted by atomic mass is 9.73.